The lowest BCUT2D eigenvalue weighted by Gasteiger charge is -2.34. The molecule has 0 unspecified atom stereocenters. The summed E-state index contributed by atoms with van der Waals surface area (Å²) < 4.78 is 5.43. The van der Waals surface area contributed by atoms with Gasteiger partial charge in [-0.25, -0.2) is 9.97 Å². The van der Waals surface area contributed by atoms with Crippen LogP contribution in [0, 0.1) is 28.6 Å². The molecule has 0 aliphatic carbocycles. The molecule has 1 fully saturated rings. The smallest absolute Gasteiger partial charge is 0.136 e. The molecule has 1 aromatic rings. The van der Waals surface area contributed by atoms with Crippen LogP contribution in [0.15, 0.2) is 6.33 Å². The summed E-state index contributed by atoms with van der Waals surface area (Å²) >= 11 is 0. The number of nitriles is 2. The Morgan fingerprint density at radius 2 is 2.04 bits per heavy atom. The maximum Gasteiger partial charge on any atom is 0.136 e. The summed E-state index contributed by atoms with van der Waals surface area (Å²) in [5.74, 6) is 0.918. The van der Waals surface area contributed by atoms with E-state index in [2.05, 4.69) is 31.9 Å². The van der Waals surface area contributed by atoms with E-state index in [9.17, 15) is 5.26 Å². The van der Waals surface area contributed by atoms with Gasteiger partial charge in [-0.05, 0) is 6.42 Å². The zero-order valence-corrected chi connectivity index (χ0v) is 13.8. The van der Waals surface area contributed by atoms with E-state index in [1.807, 2.05) is 0 Å². The van der Waals surface area contributed by atoms with Gasteiger partial charge in [-0.3, -0.25) is 4.90 Å². The third kappa shape index (κ3) is 3.81. The second-order valence-electron chi connectivity index (χ2n) is 6.23. The minimum atomic E-state index is -0.0948. The van der Waals surface area contributed by atoms with Crippen molar-refractivity contribution in [3.63, 3.8) is 0 Å². The van der Waals surface area contributed by atoms with Crippen LogP contribution in [0.25, 0.3) is 0 Å². The Kier molecular flexibility index (Phi) is 5.58. The molecule has 126 valence electrons. The molecular weight excluding hydrogens is 304 g/mol. The lowest BCUT2D eigenvalue weighted by molar-refractivity contribution is 0.122. The van der Waals surface area contributed by atoms with E-state index in [1.54, 1.807) is 6.33 Å². The summed E-state index contributed by atoms with van der Waals surface area (Å²) in [6, 6.07) is 4.46. The van der Waals surface area contributed by atoms with Gasteiger partial charge in [0.15, 0.2) is 0 Å². The normalized spacial score (nSPS) is 19.2. The van der Waals surface area contributed by atoms with Crippen LogP contribution < -0.4 is 4.90 Å². The van der Waals surface area contributed by atoms with Gasteiger partial charge in [0.1, 0.15) is 12.1 Å². The first-order valence-corrected chi connectivity index (χ1v) is 8.46. The molecule has 0 radical (unpaired) electrons. The van der Waals surface area contributed by atoms with Gasteiger partial charge in [-0.2, -0.15) is 10.5 Å². The first kappa shape index (κ1) is 16.6. The SMILES string of the molecule is N#CCC[C@H](C#N)CN1CCc2ncnc(N3CCOCC3)c2C1. The van der Waals surface area contributed by atoms with Crippen molar-refractivity contribution >= 4 is 5.82 Å². The molecule has 0 aromatic carbocycles. The van der Waals surface area contributed by atoms with Gasteiger partial charge in [0.25, 0.3) is 0 Å². The molecule has 1 atom stereocenters. The van der Waals surface area contributed by atoms with Gasteiger partial charge in [0, 0.05) is 51.1 Å². The molecular formula is C17H22N6O. The maximum absolute atomic E-state index is 9.30. The highest BCUT2D eigenvalue weighted by Crippen LogP contribution is 2.27. The Hall–Kier alpha value is -2.22. The van der Waals surface area contributed by atoms with Crippen LogP contribution in [-0.2, 0) is 17.7 Å². The van der Waals surface area contributed by atoms with Crippen LogP contribution in [0.2, 0.25) is 0 Å². The predicted octanol–water partition coefficient (Wildman–Crippen LogP) is 1.11. The fraction of sp³-hybridized carbons (Fsp3) is 0.647. The molecule has 7 nitrogen and oxygen atoms in total. The summed E-state index contributed by atoms with van der Waals surface area (Å²) in [6.07, 6.45) is 3.61. The monoisotopic (exact) mass is 326 g/mol. The van der Waals surface area contributed by atoms with E-state index < -0.39 is 0 Å². The summed E-state index contributed by atoms with van der Waals surface area (Å²) in [4.78, 5) is 13.5. The van der Waals surface area contributed by atoms with Crippen molar-refractivity contribution in [2.75, 3.05) is 44.3 Å². The van der Waals surface area contributed by atoms with Crippen LogP contribution in [0.1, 0.15) is 24.1 Å². The number of aromatic nitrogens is 2. The molecule has 3 rings (SSSR count). The van der Waals surface area contributed by atoms with E-state index in [0.717, 1.165) is 57.3 Å². The van der Waals surface area contributed by atoms with E-state index in [-0.39, 0.29) is 5.92 Å². The highest BCUT2D eigenvalue weighted by atomic mass is 16.5. The predicted molar refractivity (Wildman–Crippen MR) is 88.0 cm³/mol. The fourth-order valence-corrected chi connectivity index (χ4v) is 3.33. The first-order valence-electron chi connectivity index (χ1n) is 8.46. The van der Waals surface area contributed by atoms with E-state index in [0.29, 0.717) is 19.4 Å². The Morgan fingerprint density at radius 3 is 2.79 bits per heavy atom. The molecule has 0 bridgehead atoms. The number of hydrogen-bond donors (Lipinski definition) is 0. The third-order valence-electron chi connectivity index (χ3n) is 4.63. The van der Waals surface area contributed by atoms with Gasteiger partial charge in [-0.1, -0.05) is 0 Å². The average molecular weight is 326 g/mol. The first-order chi connectivity index (χ1) is 11.8. The highest BCUT2D eigenvalue weighted by molar-refractivity contribution is 5.49. The molecule has 0 amide bonds. The lowest BCUT2D eigenvalue weighted by atomic mass is 10.0. The zero-order valence-electron chi connectivity index (χ0n) is 13.8. The van der Waals surface area contributed by atoms with Gasteiger partial charge in [0.05, 0.1) is 37.0 Å². The number of nitrogens with zero attached hydrogens (tertiary/aromatic N) is 6. The quantitative estimate of drug-likeness (QED) is 0.801. The van der Waals surface area contributed by atoms with E-state index in [1.165, 1.54) is 5.56 Å². The van der Waals surface area contributed by atoms with Crippen LogP contribution in [-0.4, -0.2) is 54.3 Å². The van der Waals surface area contributed by atoms with Crippen molar-refractivity contribution in [3.05, 3.63) is 17.6 Å². The maximum atomic E-state index is 9.30. The molecule has 0 saturated carbocycles. The number of anilines is 1. The van der Waals surface area contributed by atoms with Gasteiger partial charge >= 0.3 is 0 Å². The molecule has 2 aliphatic heterocycles. The van der Waals surface area contributed by atoms with Crippen LogP contribution in [0.4, 0.5) is 5.82 Å². The minimum Gasteiger partial charge on any atom is -0.378 e. The highest BCUT2D eigenvalue weighted by Gasteiger charge is 2.26. The largest absolute Gasteiger partial charge is 0.378 e. The molecule has 24 heavy (non-hydrogen) atoms. The summed E-state index contributed by atoms with van der Waals surface area (Å²) in [5.41, 5.74) is 2.30. The van der Waals surface area contributed by atoms with Crippen LogP contribution in [0.5, 0.6) is 0 Å². The summed E-state index contributed by atoms with van der Waals surface area (Å²) in [5, 5.41) is 18.0. The molecule has 1 saturated heterocycles. The van der Waals surface area contributed by atoms with Gasteiger partial charge in [-0.15, -0.1) is 0 Å². The summed E-state index contributed by atoms with van der Waals surface area (Å²) in [6.45, 7) is 5.54. The third-order valence-corrected chi connectivity index (χ3v) is 4.63. The van der Waals surface area contributed by atoms with Crippen LogP contribution >= 0.6 is 0 Å². The number of rotatable bonds is 5. The lowest BCUT2D eigenvalue weighted by Crippen LogP contribution is -2.40. The molecule has 3 heterocycles. The van der Waals surface area contributed by atoms with E-state index >= 15 is 0 Å². The summed E-state index contributed by atoms with van der Waals surface area (Å²) in [7, 11) is 0. The van der Waals surface area contributed by atoms with Crippen molar-refractivity contribution < 1.29 is 4.74 Å². The molecule has 1 aromatic heterocycles. The average Bonchev–Trinajstić information content (AvgIpc) is 2.65. The topological polar surface area (TPSA) is 89.1 Å². The second kappa shape index (κ2) is 8.05. The molecule has 0 spiro atoms. The van der Waals surface area contributed by atoms with Crippen molar-refractivity contribution in [2.45, 2.75) is 25.8 Å². The number of morpholine rings is 1. The van der Waals surface area contributed by atoms with Crippen molar-refractivity contribution in [2.24, 2.45) is 5.92 Å². The van der Waals surface area contributed by atoms with Gasteiger partial charge in [0.2, 0.25) is 0 Å². The molecule has 2 aliphatic rings. The Bertz CT molecular complexity index is 643. The van der Waals surface area contributed by atoms with Crippen molar-refractivity contribution in [3.8, 4) is 12.1 Å². The Morgan fingerprint density at radius 1 is 1.21 bits per heavy atom. The fourth-order valence-electron chi connectivity index (χ4n) is 3.33. The molecule has 0 N–H and O–H groups in total. The molecule has 7 heteroatoms. The van der Waals surface area contributed by atoms with Crippen molar-refractivity contribution in [1.82, 2.24) is 14.9 Å². The Balaban J connectivity index is 1.72. The minimum absolute atomic E-state index is 0.0948. The zero-order chi connectivity index (χ0) is 16.8. The van der Waals surface area contributed by atoms with Gasteiger partial charge < -0.3 is 9.64 Å². The number of ether oxygens (including phenoxy) is 1. The van der Waals surface area contributed by atoms with Crippen molar-refractivity contribution in [1.29, 1.82) is 10.5 Å². The second-order valence-corrected chi connectivity index (χ2v) is 6.23. The Labute approximate surface area is 142 Å². The number of fused-ring (bicyclic) bond motifs is 1. The number of hydrogen-bond acceptors (Lipinski definition) is 7. The van der Waals surface area contributed by atoms with E-state index in [4.69, 9.17) is 10.00 Å². The standard InChI is InChI=1S/C17H22N6O/c18-4-1-2-14(10-19)11-22-5-3-16-15(12-22)17(21-13-20-16)23-6-8-24-9-7-23/h13-14H,1-3,5-9,11-12H2/t14-/m1/s1. The van der Waals surface area contributed by atoms with Crippen LogP contribution in [0.3, 0.4) is 0 Å².